The lowest BCUT2D eigenvalue weighted by atomic mass is 10.2. The zero-order valence-electron chi connectivity index (χ0n) is 9.88. The van der Waals surface area contributed by atoms with Crippen molar-refractivity contribution in [3.05, 3.63) is 28.4 Å². The minimum absolute atomic E-state index is 0.0575. The molecule has 0 unspecified atom stereocenters. The maximum atomic E-state index is 12.6. The molecular formula is C12H11I3N2O2. The minimum atomic E-state index is -0.0822. The number of carbonyl (C=O) groups excluding carboxylic acids is 2. The summed E-state index contributed by atoms with van der Waals surface area (Å²) in [6, 6.07) is 3.92. The Labute approximate surface area is 152 Å². The molecule has 0 aliphatic carbocycles. The summed E-state index contributed by atoms with van der Waals surface area (Å²) in [5.74, 6) is -0.140. The average Bonchev–Trinajstić information content (AvgIpc) is 2.57. The molecule has 0 spiro atoms. The molecule has 4 nitrogen and oxygen atoms in total. The van der Waals surface area contributed by atoms with E-state index >= 15 is 0 Å². The Hall–Kier alpha value is 0.350. The van der Waals surface area contributed by atoms with Crippen molar-refractivity contribution < 1.29 is 9.59 Å². The highest BCUT2D eigenvalue weighted by Gasteiger charge is 2.23. The number of halogens is 3. The summed E-state index contributed by atoms with van der Waals surface area (Å²) in [7, 11) is 0. The first-order chi connectivity index (χ1) is 8.99. The quantitative estimate of drug-likeness (QED) is 0.401. The molecule has 0 atom stereocenters. The fourth-order valence-corrected chi connectivity index (χ4v) is 4.25. The molecule has 0 radical (unpaired) electrons. The van der Waals surface area contributed by atoms with Crippen molar-refractivity contribution in [3.8, 4) is 0 Å². The number of rotatable bonds is 1. The van der Waals surface area contributed by atoms with Crippen LogP contribution in [0.4, 0.5) is 0 Å². The van der Waals surface area contributed by atoms with Crippen molar-refractivity contribution in [3.63, 3.8) is 0 Å². The van der Waals surface area contributed by atoms with Crippen LogP contribution in [0.3, 0.4) is 0 Å². The third-order valence-corrected chi connectivity index (χ3v) is 6.44. The largest absolute Gasteiger partial charge is 0.354 e. The highest BCUT2D eigenvalue weighted by molar-refractivity contribution is 14.1. The molecule has 1 N–H and O–H groups in total. The van der Waals surface area contributed by atoms with Crippen LogP contribution >= 0.6 is 67.8 Å². The van der Waals surface area contributed by atoms with Crippen molar-refractivity contribution in [2.75, 3.05) is 19.6 Å². The van der Waals surface area contributed by atoms with E-state index in [1.54, 1.807) is 4.90 Å². The predicted octanol–water partition coefficient (Wildman–Crippen LogP) is 2.46. The van der Waals surface area contributed by atoms with Crippen LogP contribution in [0.5, 0.6) is 0 Å². The van der Waals surface area contributed by atoms with Gasteiger partial charge in [-0.15, -0.1) is 0 Å². The highest BCUT2D eigenvalue weighted by atomic mass is 127. The van der Waals surface area contributed by atoms with Crippen LogP contribution in [0, 0.1) is 10.7 Å². The van der Waals surface area contributed by atoms with Gasteiger partial charge in [0.25, 0.3) is 5.91 Å². The van der Waals surface area contributed by atoms with Crippen LogP contribution in [-0.4, -0.2) is 36.3 Å². The van der Waals surface area contributed by atoms with Gasteiger partial charge in [-0.3, -0.25) is 9.59 Å². The molecule has 19 heavy (non-hydrogen) atoms. The van der Waals surface area contributed by atoms with E-state index in [-0.39, 0.29) is 18.4 Å². The van der Waals surface area contributed by atoms with Gasteiger partial charge in [-0.25, -0.2) is 0 Å². The van der Waals surface area contributed by atoms with E-state index in [1.807, 2.05) is 12.1 Å². The van der Waals surface area contributed by atoms with Gasteiger partial charge in [0.05, 0.1) is 12.1 Å². The number of hydrogen-bond acceptors (Lipinski definition) is 2. The monoisotopic (exact) mass is 596 g/mol. The number of nitrogens with one attached hydrogen (secondary N) is 1. The van der Waals surface area contributed by atoms with Crippen LogP contribution in [0.25, 0.3) is 0 Å². The molecule has 0 bridgehead atoms. The van der Waals surface area contributed by atoms with Gasteiger partial charge in [0.15, 0.2) is 0 Å². The lowest BCUT2D eigenvalue weighted by Gasteiger charge is -2.20. The van der Waals surface area contributed by atoms with Gasteiger partial charge in [0.1, 0.15) is 0 Å². The van der Waals surface area contributed by atoms with Crippen LogP contribution < -0.4 is 5.32 Å². The van der Waals surface area contributed by atoms with E-state index in [0.29, 0.717) is 18.7 Å². The summed E-state index contributed by atoms with van der Waals surface area (Å²) >= 11 is 6.62. The van der Waals surface area contributed by atoms with Crippen LogP contribution in [0.15, 0.2) is 12.1 Å². The molecule has 1 fully saturated rings. The molecule has 1 aromatic carbocycles. The van der Waals surface area contributed by atoms with Crippen LogP contribution in [-0.2, 0) is 4.79 Å². The molecule has 0 saturated carbocycles. The summed E-state index contributed by atoms with van der Waals surface area (Å²) in [5, 5.41) is 2.78. The number of amides is 2. The van der Waals surface area contributed by atoms with E-state index in [0.717, 1.165) is 17.1 Å². The van der Waals surface area contributed by atoms with Crippen LogP contribution in [0.2, 0.25) is 0 Å². The van der Waals surface area contributed by atoms with Crippen molar-refractivity contribution in [2.45, 2.75) is 6.42 Å². The van der Waals surface area contributed by atoms with Crippen molar-refractivity contribution >= 4 is 79.6 Å². The summed E-state index contributed by atoms with van der Waals surface area (Å²) in [6.45, 7) is 1.41. The molecule has 2 rings (SSSR count). The Balaban J connectivity index is 2.30. The Bertz CT molecular complexity index is 534. The lowest BCUT2D eigenvalue weighted by molar-refractivity contribution is -0.121. The maximum Gasteiger partial charge on any atom is 0.255 e. The third-order valence-electron chi connectivity index (χ3n) is 2.77. The second-order valence-electron chi connectivity index (χ2n) is 4.18. The molecule has 1 aliphatic heterocycles. The molecular weight excluding hydrogens is 585 g/mol. The standard InChI is InChI=1S/C12H11I3N2O2/c13-7-4-8(11(15)9(14)5-7)12(19)17-3-1-2-16-10(18)6-17/h4-5H,1-3,6H2,(H,16,18). The van der Waals surface area contributed by atoms with E-state index < -0.39 is 0 Å². The molecule has 0 aromatic heterocycles. The third kappa shape index (κ3) is 3.93. The van der Waals surface area contributed by atoms with Crippen LogP contribution in [0.1, 0.15) is 16.8 Å². The molecule has 1 aromatic rings. The summed E-state index contributed by atoms with van der Waals surface area (Å²) in [5.41, 5.74) is 0.687. The van der Waals surface area contributed by atoms with Gasteiger partial charge in [-0.05, 0) is 86.3 Å². The first-order valence-corrected chi connectivity index (χ1v) is 8.93. The summed E-state index contributed by atoms with van der Waals surface area (Å²) in [6.07, 6.45) is 0.801. The van der Waals surface area contributed by atoms with Gasteiger partial charge < -0.3 is 10.2 Å². The van der Waals surface area contributed by atoms with E-state index in [1.165, 1.54) is 0 Å². The van der Waals surface area contributed by atoms with Crippen molar-refractivity contribution in [1.82, 2.24) is 10.2 Å². The molecule has 7 heteroatoms. The van der Waals surface area contributed by atoms with Gasteiger partial charge in [0, 0.05) is 23.8 Å². The molecule has 1 aliphatic rings. The number of hydrogen-bond donors (Lipinski definition) is 1. The number of carbonyl (C=O) groups is 2. The normalized spacial score (nSPS) is 15.9. The Morgan fingerprint density at radius 2 is 2.00 bits per heavy atom. The Kier molecular flexibility index (Phi) is 5.69. The molecule has 1 saturated heterocycles. The highest BCUT2D eigenvalue weighted by Crippen LogP contribution is 2.24. The average molecular weight is 596 g/mol. The second kappa shape index (κ2) is 6.87. The van der Waals surface area contributed by atoms with Gasteiger partial charge >= 0.3 is 0 Å². The van der Waals surface area contributed by atoms with Gasteiger partial charge in [0.2, 0.25) is 5.91 Å². The van der Waals surface area contributed by atoms with Gasteiger partial charge in [-0.2, -0.15) is 0 Å². The lowest BCUT2D eigenvalue weighted by Crippen LogP contribution is -2.37. The van der Waals surface area contributed by atoms with E-state index in [9.17, 15) is 9.59 Å². The topological polar surface area (TPSA) is 49.4 Å². The molecule has 2 amide bonds. The van der Waals surface area contributed by atoms with Crippen molar-refractivity contribution in [2.24, 2.45) is 0 Å². The number of nitrogens with zero attached hydrogens (tertiary/aromatic N) is 1. The first-order valence-electron chi connectivity index (χ1n) is 5.69. The smallest absolute Gasteiger partial charge is 0.255 e. The van der Waals surface area contributed by atoms with E-state index in [2.05, 4.69) is 73.1 Å². The van der Waals surface area contributed by atoms with Crippen molar-refractivity contribution in [1.29, 1.82) is 0 Å². The Morgan fingerprint density at radius 1 is 1.26 bits per heavy atom. The first kappa shape index (κ1) is 15.7. The zero-order chi connectivity index (χ0) is 14.0. The second-order valence-corrected chi connectivity index (χ2v) is 7.67. The predicted molar refractivity (Wildman–Crippen MR) is 98.1 cm³/mol. The summed E-state index contributed by atoms with van der Waals surface area (Å²) < 4.78 is 3.05. The number of benzene rings is 1. The van der Waals surface area contributed by atoms with Gasteiger partial charge in [-0.1, -0.05) is 0 Å². The van der Waals surface area contributed by atoms with E-state index in [4.69, 9.17) is 0 Å². The fourth-order valence-electron chi connectivity index (χ4n) is 1.86. The SMILES string of the molecule is O=C1CN(C(=O)c2cc(I)cc(I)c2I)CCCN1. The molecule has 102 valence electrons. The minimum Gasteiger partial charge on any atom is -0.354 e. The maximum absolute atomic E-state index is 12.6. The zero-order valence-corrected chi connectivity index (χ0v) is 16.4. The summed E-state index contributed by atoms with van der Waals surface area (Å²) in [4.78, 5) is 25.7. The molecule has 1 heterocycles. The fraction of sp³-hybridized carbons (Fsp3) is 0.333. The Morgan fingerprint density at radius 3 is 2.74 bits per heavy atom.